The molecule has 1 aromatic heterocycles. The number of rotatable bonds is 4. The minimum atomic E-state index is -0.550. The molecule has 1 saturated heterocycles. The largest absolute Gasteiger partial charge is 0.366 e. The summed E-state index contributed by atoms with van der Waals surface area (Å²) in [5.74, 6) is 0.0741. The third-order valence-corrected chi connectivity index (χ3v) is 3.50. The zero-order chi connectivity index (χ0) is 13.8. The van der Waals surface area contributed by atoms with E-state index in [0.29, 0.717) is 17.9 Å². The molecule has 0 aliphatic carbocycles. The molecule has 19 heavy (non-hydrogen) atoms. The minimum absolute atomic E-state index is 0.199. The molecule has 0 saturated carbocycles. The summed E-state index contributed by atoms with van der Waals surface area (Å²) in [6.45, 7) is 6.60. The number of piperidine rings is 1. The molecular formula is C13H21N5O. The van der Waals surface area contributed by atoms with E-state index in [0.717, 1.165) is 25.9 Å². The second kappa shape index (κ2) is 5.97. The molecular weight excluding hydrogens is 242 g/mol. The first-order valence-corrected chi connectivity index (χ1v) is 6.68. The first-order chi connectivity index (χ1) is 9.06. The lowest BCUT2D eigenvalue weighted by atomic mass is 10.0. The van der Waals surface area contributed by atoms with Crippen LogP contribution in [0.4, 0.5) is 5.82 Å². The SMILES string of the molecule is CC(C)N1CCC(Nc2cncc(C(N)=O)n2)CC1. The normalized spacial score (nSPS) is 17.6. The smallest absolute Gasteiger partial charge is 0.268 e. The van der Waals surface area contributed by atoms with Crippen LogP contribution in [-0.2, 0) is 0 Å². The van der Waals surface area contributed by atoms with Crippen LogP contribution in [0.5, 0.6) is 0 Å². The Morgan fingerprint density at radius 2 is 2.11 bits per heavy atom. The summed E-state index contributed by atoms with van der Waals surface area (Å²) in [7, 11) is 0. The van der Waals surface area contributed by atoms with E-state index in [9.17, 15) is 4.79 Å². The van der Waals surface area contributed by atoms with Crippen LogP contribution >= 0.6 is 0 Å². The van der Waals surface area contributed by atoms with Gasteiger partial charge in [-0.15, -0.1) is 0 Å². The van der Waals surface area contributed by atoms with E-state index < -0.39 is 5.91 Å². The summed E-state index contributed by atoms with van der Waals surface area (Å²) in [6.07, 6.45) is 5.15. The molecule has 104 valence electrons. The van der Waals surface area contributed by atoms with Crippen LogP contribution in [0, 0.1) is 0 Å². The Kier molecular flexibility index (Phi) is 4.31. The number of amides is 1. The lowest BCUT2D eigenvalue weighted by Crippen LogP contribution is -2.42. The van der Waals surface area contributed by atoms with E-state index in [2.05, 4.69) is 34.0 Å². The number of likely N-dealkylation sites (tertiary alicyclic amines) is 1. The first-order valence-electron chi connectivity index (χ1n) is 6.68. The second-order valence-electron chi connectivity index (χ2n) is 5.20. The summed E-state index contributed by atoms with van der Waals surface area (Å²) in [6, 6.07) is 0.978. The predicted octanol–water partition coefficient (Wildman–Crippen LogP) is 0.860. The van der Waals surface area contributed by atoms with E-state index in [1.54, 1.807) is 6.20 Å². The van der Waals surface area contributed by atoms with Crippen molar-refractivity contribution < 1.29 is 4.79 Å². The van der Waals surface area contributed by atoms with Gasteiger partial charge in [0.15, 0.2) is 0 Å². The van der Waals surface area contributed by atoms with Crippen molar-refractivity contribution in [2.45, 2.75) is 38.8 Å². The van der Waals surface area contributed by atoms with Gasteiger partial charge < -0.3 is 16.0 Å². The molecule has 1 aliphatic heterocycles. The highest BCUT2D eigenvalue weighted by molar-refractivity contribution is 5.90. The monoisotopic (exact) mass is 263 g/mol. The van der Waals surface area contributed by atoms with Gasteiger partial charge in [0.2, 0.25) is 0 Å². The Balaban J connectivity index is 1.92. The Morgan fingerprint density at radius 1 is 1.42 bits per heavy atom. The maximum atomic E-state index is 11.0. The van der Waals surface area contributed by atoms with Crippen LogP contribution < -0.4 is 11.1 Å². The molecule has 3 N–H and O–H groups in total. The summed E-state index contributed by atoms with van der Waals surface area (Å²) >= 11 is 0. The number of hydrogen-bond acceptors (Lipinski definition) is 5. The molecule has 2 heterocycles. The maximum absolute atomic E-state index is 11.0. The minimum Gasteiger partial charge on any atom is -0.366 e. The van der Waals surface area contributed by atoms with Crippen molar-refractivity contribution in [1.82, 2.24) is 14.9 Å². The van der Waals surface area contributed by atoms with Crippen molar-refractivity contribution in [2.24, 2.45) is 5.73 Å². The zero-order valence-corrected chi connectivity index (χ0v) is 11.5. The highest BCUT2D eigenvalue weighted by atomic mass is 16.1. The van der Waals surface area contributed by atoms with Crippen molar-refractivity contribution in [3.63, 3.8) is 0 Å². The van der Waals surface area contributed by atoms with Crippen molar-refractivity contribution in [1.29, 1.82) is 0 Å². The molecule has 0 bridgehead atoms. The third-order valence-electron chi connectivity index (χ3n) is 3.50. The van der Waals surface area contributed by atoms with Gasteiger partial charge in [0.05, 0.1) is 12.4 Å². The average Bonchev–Trinajstić information content (AvgIpc) is 2.39. The number of nitrogens with one attached hydrogen (secondary N) is 1. The standard InChI is InChI=1S/C13H21N5O/c1-9(2)18-5-3-10(4-6-18)16-12-8-15-7-11(17-12)13(14)19/h7-10H,3-6H2,1-2H3,(H2,14,19)(H,16,17). The van der Waals surface area contributed by atoms with E-state index in [-0.39, 0.29) is 5.69 Å². The number of primary amides is 1. The van der Waals surface area contributed by atoms with Crippen molar-refractivity contribution in [3.05, 3.63) is 18.1 Å². The third kappa shape index (κ3) is 3.64. The van der Waals surface area contributed by atoms with Crippen LogP contribution in [0.25, 0.3) is 0 Å². The predicted molar refractivity (Wildman–Crippen MR) is 73.9 cm³/mol. The summed E-state index contributed by atoms with van der Waals surface area (Å²) in [5.41, 5.74) is 5.39. The highest BCUT2D eigenvalue weighted by Crippen LogP contribution is 2.16. The average molecular weight is 263 g/mol. The molecule has 6 heteroatoms. The van der Waals surface area contributed by atoms with Crippen LogP contribution in [0.2, 0.25) is 0 Å². The van der Waals surface area contributed by atoms with Crippen LogP contribution in [0.3, 0.4) is 0 Å². The van der Waals surface area contributed by atoms with Gasteiger partial charge in [0.1, 0.15) is 11.5 Å². The lowest BCUT2D eigenvalue weighted by Gasteiger charge is -2.35. The number of carbonyl (C=O) groups excluding carboxylic acids is 1. The molecule has 0 spiro atoms. The molecule has 0 atom stereocenters. The molecule has 0 radical (unpaired) electrons. The van der Waals surface area contributed by atoms with Gasteiger partial charge in [-0.1, -0.05) is 0 Å². The fourth-order valence-corrected chi connectivity index (χ4v) is 2.32. The number of nitrogens with two attached hydrogens (primary N) is 1. The summed E-state index contributed by atoms with van der Waals surface area (Å²) in [4.78, 5) is 21.6. The fourth-order valence-electron chi connectivity index (χ4n) is 2.32. The molecule has 1 amide bonds. The van der Waals surface area contributed by atoms with Gasteiger partial charge in [-0.25, -0.2) is 4.98 Å². The van der Waals surface area contributed by atoms with E-state index in [1.807, 2.05) is 0 Å². The zero-order valence-electron chi connectivity index (χ0n) is 11.5. The van der Waals surface area contributed by atoms with Crippen LogP contribution in [0.15, 0.2) is 12.4 Å². The molecule has 1 aromatic rings. The van der Waals surface area contributed by atoms with E-state index in [4.69, 9.17) is 5.73 Å². The van der Waals surface area contributed by atoms with Crippen LogP contribution in [-0.4, -0.2) is 45.9 Å². The van der Waals surface area contributed by atoms with Gasteiger partial charge in [-0.05, 0) is 26.7 Å². The second-order valence-corrected chi connectivity index (χ2v) is 5.20. The van der Waals surface area contributed by atoms with E-state index >= 15 is 0 Å². The van der Waals surface area contributed by atoms with Gasteiger partial charge in [-0.2, -0.15) is 0 Å². The number of hydrogen-bond donors (Lipinski definition) is 2. The van der Waals surface area contributed by atoms with Gasteiger partial charge >= 0.3 is 0 Å². The number of aromatic nitrogens is 2. The molecule has 0 aromatic carbocycles. The Hall–Kier alpha value is -1.69. The maximum Gasteiger partial charge on any atom is 0.268 e. The number of anilines is 1. The van der Waals surface area contributed by atoms with Crippen molar-refractivity contribution in [2.75, 3.05) is 18.4 Å². The molecule has 2 rings (SSSR count). The van der Waals surface area contributed by atoms with E-state index in [1.165, 1.54) is 6.20 Å². The van der Waals surface area contributed by atoms with Gasteiger partial charge in [-0.3, -0.25) is 9.78 Å². The van der Waals surface area contributed by atoms with Gasteiger partial charge in [0, 0.05) is 25.2 Å². The van der Waals surface area contributed by atoms with Crippen molar-refractivity contribution >= 4 is 11.7 Å². The Bertz CT molecular complexity index is 440. The van der Waals surface area contributed by atoms with Gasteiger partial charge in [0.25, 0.3) is 5.91 Å². The summed E-state index contributed by atoms with van der Waals surface area (Å²) < 4.78 is 0. The first kappa shape index (κ1) is 13.7. The highest BCUT2D eigenvalue weighted by Gasteiger charge is 2.21. The van der Waals surface area contributed by atoms with Crippen LogP contribution in [0.1, 0.15) is 37.2 Å². The van der Waals surface area contributed by atoms with Crippen molar-refractivity contribution in [3.8, 4) is 0 Å². The quantitative estimate of drug-likeness (QED) is 0.841. The summed E-state index contributed by atoms with van der Waals surface area (Å²) in [5, 5.41) is 3.33. The molecule has 0 unspecified atom stereocenters. The molecule has 6 nitrogen and oxygen atoms in total. The molecule has 1 aliphatic rings. The number of nitrogens with zero attached hydrogens (tertiary/aromatic N) is 3. The Morgan fingerprint density at radius 3 is 2.68 bits per heavy atom. The topological polar surface area (TPSA) is 84.1 Å². The Labute approximate surface area is 113 Å². The fraction of sp³-hybridized carbons (Fsp3) is 0.615. The lowest BCUT2D eigenvalue weighted by molar-refractivity contribution is 0.0995. The number of carbonyl (C=O) groups is 1. The molecule has 1 fully saturated rings.